The summed E-state index contributed by atoms with van der Waals surface area (Å²) in [6, 6.07) is 6.45. The van der Waals surface area contributed by atoms with Crippen LogP contribution in [-0.4, -0.2) is 13.7 Å². The highest BCUT2D eigenvalue weighted by atomic mass is 32.1. The fourth-order valence-electron chi connectivity index (χ4n) is 2.46. The topological polar surface area (TPSA) is 21.3 Å². The molecule has 110 valence electrons. The van der Waals surface area contributed by atoms with Crippen molar-refractivity contribution in [2.45, 2.75) is 40.2 Å². The molecule has 0 saturated carbocycles. The predicted molar refractivity (Wildman–Crippen MR) is 88.9 cm³/mol. The van der Waals surface area contributed by atoms with E-state index in [2.05, 4.69) is 44.3 Å². The molecule has 2 rings (SSSR count). The van der Waals surface area contributed by atoms with E-state index in [-0.39, 0.29) is 0 Å². The Balaban J connectivity index is 2.36. The van der Waals surface area contributed by atoms with Crippen molar-refractivity contribution in [3.63, 3.8) is 0 Å². The molecule has 0 amide bonds. The van der Waals surface area contributed by atoms with Gasteiger partial charge in [0, 0.05) is 16.1 Å². The van der Waals surface area contributed by atoms with Gasteiger partial charge in [-0.1, -0.05) is 20.8 Å². The number of thiophene rings is 1. The minimum Gasteiger partial charge on any atom is -0.497 e. The summed E-state index contributed by atoms with van der Waals surface area (Å²) >= 11 is 1.90. The summed E-state index contributed by atoms with van der Waals surface area (Å²) in [5, 5.41) is 4.93. The summed E-state index contributed by atoms with van der Waals surface area (Å²) in [4.78, 5) is 1.48. The van der Waals surface area contributed by atoms with Gasteiger partial charge in [-0.15, -0.1) is 11.3 Å². The molecule has 20 heavy (non-hydrogen) atoms. The number of rotatable bonds is 7. The Morgan fingerprint density at radius 2 is 2.10 bits per heavy atom. The Labute approximate surface area is 126 Å². The van der Waals surface area contributed by atoms with E-state index < -0.39 is 0 Å². The first-order valence-corrected chi connectivity index (χ1v) is 8.26. The average Bonchev–Trinajstić information content (AvgIpc) is 2.76. The number of fused-ring (bicyclic) bond motifs is 1. The second-order valence-electron chi connectivity index (χ2n) is 5.64. The van der Waals surface area contributed by atoms with Gasteiger partial charge < -0.3 is 10.1 Å². The number of ether oxygens (including phenoxy) is 1. The average molecular weight is 291 g/mol. The smallest absolute Gasteiger partial charge is 0.120 e. The molecule has 0 unspecified atom stereocenters. The van der Waals surface area contributed by atoms with Crippen LogP contribution >= 0.6 is 11.3 Å². The predicted octanol–water partition coefficient (Wildman–Crippen LogP) is 4.61. The van der Waals surface area contributed by atoms with Crippen molar-refractivity contribution >= 4 is 21.4 Å². The maximum absolute atomic E-state index is 5.34. The largest absolute Gasteiger partial charge is 0.497 e. The zero-order valence-electron chi connectivity index (χ0n) is 13.0. The van der Waals surface area contributed by atoms with Crippen molar-refractivity contribution in [3.8, 4) is 5.75 Å². The first kappa shape index (κ1) is 15.3. The van der Waals surface area contributed by atoms with Gasteiger partial charge in [0.2, 0.25) is 0 Å². The molecule has 0 fully saturated rings. The third-order valence-corrected chi connectivity index (χ3v) is 4.60. The molecule has 0 bridgehead atoms. The zero-order chi connectivity index (χ0) is 14.5. The minimum absolute atomic E-state index is 0.680. The van der Waals surface area contributed by atoms with E-state index in [0.717, 1.165) is 25.3 Å². The summed E-state index contributed by atoms with van der Waals surface area (Å²) < 4.78 is 6.68. The fourth-order valence-corrected chi connectivity index (χ4v) is 3.69. The van der Waals surface area contributed by atoms with Crippen molar-refractivity contribution < 1.29 is 4.74 Å². The molecule has 0 spiro atoms. The molecule has 0 saturated heterocycles. The molecular weight excluding hydrogens is 266 g/mol. The fraction of sp³-hybridized carbons (Fsp3) is 0.529. The molecule has 0 aliphatic heterocycles. The van der Waals surface area contributed by atoms with Gasteiger partial charge in [-0.2, -0.15) is 0 Å². The van der Waals surface area contributed by atoms with Gasteiger partial charge in [0.1, 0.15) is 5.75 Å². The first-order chi connectivity index (χ1) is 9.65. The summed E-state index contributed by atoms with van der Waals surface area (Å²) in [6.45, 7) is 8.85. The highest BCUT2D eigenvalue weighted by molar-refractivity contribution is 7.19. The Morgan fingerprint density at radius 3 is 2.75 bits per heavy atom. The second kappa shape index (κ2) is 7.09. The van der Waals surface area contributed by atoms with Crippen LogP contribution in [0.5, 0.6) is 5.75 Å². The quantitative estimate of drug-likeness (QED) is 0.752. The van der Waals surface area contributed by atoms with Gasteiger partial charge in [-0.05, 0) is 54.5 Å². The lowest BCUT2D eigenvalue weighted by Crippen LogP contribution is -2.14. The third-order valence-electron chi connectivity index (χ3n) is 3.41. The molecule has 1 aromatic carbocycles. The highest BCUT2D eigenvalue weighted by Crippen LogP contribution is 2.35. The molecular formula is C17H25NOS. The number of nitrogens with one attached hydrogen (secondary N) is 1. The maximum atomic E-state index is 5.34. The SMILES string of the molecule is CCCNCc1sc2cc(OC)ccc2c1CC(C)C. The van der Waals surface area contributed by atoms with Crippen LogP contribution in [0.25, 0.3) is 10.1 Å². The lowest BCUT2D eigenvalue weighted by atomic mass is 10.00. The van der Waals surface area contributed by atoms with E-state index in [4.69, 9.17) is 4.74 Å². The number of methoxy groups -OCH3 is 1. The van der Waals surface area contributed by atoms with Crippen molar-refractivity contribution in [2.24, 2.45) is 5.92 Å². The van der Waals surface area contributed by atoms with Crippen LogP contribution in [0.1, 0.15) is 37.6 Å². The van der Waals surface area contributed by atoms with Gasteiger partial charge in [-0.3, -0.25) is 0 Å². The minimum atomic E-state index is 0.680. The molecule has 0 aliphatic carbocycles. The summed E-state index contributed by atoms with van der Waals surface area (Å²) in [6.07, 6.45) is 2.33. The Bertz CT molecular complexity index is 559. The van der Waals surface area contributed by atoms with Crippen LogP contribution in [0.3, 0.4) is 0 Å². The van der Waals surface area contributed by atoms with Crippen molar-refractivity contribution in [2.75, 3.05) is 13.7 Å². The normalized spacial score (nSPS) is 11.4. The van der Waals surface area contributed by atoms with Crippen molar-refractivity contribution in [3.05, 3.63) is 28.6 Å². The molecule has 2 aromatic rings. The molecule has 1 aromatic heterocycles. The molecule has 0 radical (unpaired) electrons. The van der Waals surface area contributed by atoms with Crippen LogP contribution in [0.2, 0.25) is 0 Å². The number of hydrogen-bond donors (Lipinski definition) is 1. The lowest BCUT2D eigenvalue weighted by molar-refractivity contribution is 0.415. The highest BCUT2D eigenvalue weighted by Gasteiger charge is 2.13. The van der Waals surface area contributed by atoms with Crippen LogP contribution in [0, 0.1) is 5.92 Å². The van der Waals surface area contributed by atoms with Gasteiger partial charge in [0.05, 0.1) is 7.11 Å². The molecule has 2 nitrogen and oxygen atoms in total. The van der Waals surface area contributed by atoms with Crippen LogP contribution in [0.4, 0.5) is 0 Å². The Hall–Kier alpha value is -1.06. The van der Waals surface area contributed by atoms with Gasteiger partial charge in [-0.25, -0.2) is 0 Å². The Morgan fingerprint density at radius 1 is 1.30 bits per heavy atom. The van der Waals surface area contributed by atoms with E-state index >= 15 is 0 Å². The van der Waals surface area contributed by atoms with Gasteiger partial charge >= 0.3 is 0 Å². The van der Waals surface area contributed by atoms with Crippen molar-refractivity contribution in [1.29, 1.82) is 0 Å². The standard InChI is InChI=1S/C17H25NOS/c1-5-8-18-11-17-15(9-12(2)3)14-7-6-13(19-4)10-16(14)20-17/h6-7,10,12,18H,5,8-9,11H2,1-4H3. The molecule has 0 aliphatic rings. The number of hydrogen-bond acceptors (Lipinski definition) is 3. The van der Waals surface area contributed by atoms with Crippen LogP contribution < -0.4 is 10.1 Å². The maximum Gasteiger partial charge on any atom is 0.120 e. The lowest BCUT2D eigenvalue weighted by Gasteiger charge is -2.08. The molecule has 1 N–H and O–H groups in total. The summed E-state index contributed by atoms with van der Waals surface area (Å²) in [7, 11) is 1.73. The van der Waals surface area contributed by atoms with Crippen LogP contribution in [0.15, 0.2) is 18.2 Å². The van der Waals surface area contributed by atoms with Crippen molar-refractivity contribution in [1.82, 2.24) is 5.32 Å². The summed E-state index contributed by atoms with van der Waals surface area (Å²) in [5.41, 5.74) is 1.52. The molecule has 0 atom stereocenters. The van der Waals surface area contributed by atoms with E-state index in [1.807, 2.05) is 11.3 Å². The first-order valence-electron chi connectivity index (χ1n) is 7.44. The Kier molecular flexibility index (Phi) is 5.44. The molecule has 3 heteroatoms. The van der Waals surface area contributed by atoms with Crippen LogP contribution in [-0.2, 0) is 13.0 Å². The van der Waals surface area contributed by atoms with Gasteiger partial charge in [0.25, 0.3) is 0 Å². The van der Waals surface area contributed by atoms with Gasteiger partial charge in [0.15, 0.2) is 0 Å². The zero-order valence-corrected chi connectivity index (χ0v) is 13.8. The monoisotopic (exact) mass is 291 g/mol. The summed E-state index contributed by atoms with van der Waals surface area (Å²) in [5.74, 6) is 1.63. The number of benzene rings is 1. The van der Waals surface area contributed by atoms with E-state index in [1.54, 1.807) is 7.11 Å². The third kappa shape index (κ3) is 3.53. The molecule has 1 heterocycles. The van der Waals surface area contributed by atoms with E-state index in [0.29, 0.717) is 5.92 Å². The second-order valence-corrected chi connectivity index (χ2v) is 6.78. The van der Waals surface area contributed by atoms with E-state index in [9.17, 15) is 0 Å². The van der Waals surface area contributed by atoms with E-state index in [1.165, 1.54) is 26.9 Å².